The maximum atomic E-state index is 10.1. The lowest BCUT2D eigenvalue weighted by Gasteiger charge is -2.58. The number of piperidine rings is 3. The minimum atomic E-state index is 0.104. The van der Waals surface area contributed by atoms with Gasteiger partial charge in [-0.25, -0.2) is 0 Å². The van der Waals surface area contributed by atoms with Crippen LogP contribution in [0.15, 0.2) is 35.9 Å². The summed E-state index contributed by atoms with van der Waals surface area (Å²) in [5.41, 5.74) is 5.60. The molecule has 4 aliphatic heterocycles. The van der Waals surface area contributed by atoms with Gasteiger partial charge in [-0.15, -0.1) is 0 Å². The number of aliphatic hydroxyl groups is 2. The summed E-state index contributed by atoms with van der Waals surface area (Å²) in [5.74, 6) is 0.702. The molecule has 1 aromatic heterocycles. The summed E-state index contributed by atoms with van der Waals surface area (Å²) in [5, 5.41) is 20.8. The van der Waals surface area contributed by atoms with Crippen molar-refractivity contribution in [3.63, 3.8) is 0 Å². The van der Waals surface area contributed by atoms with Crippen LogP contribution in [0.25, 0.3) is 10.9 Å². The van der Waals surface area contributed by atoms with Crippen molar-refractivity contribution in [2.75, 3.05) is 19.8 Å². The molecule has 5 heterocycles. The highest BCUT2D eigenvalue weighted by atomic mass is 16.3. The lowest BCUT2D eigenvalue weighted by Crippen LogP contribution is -2.61. The van der Waals surface area contributed by atoms with Crippen molar-refractivity contribution in [2.24, 2.45) is 18.9 Å². The number of aryl methyl sites for hydroxylation is 1. The quantitative estimate of drug-likeness (QED) is 0.831. The lowest BCUT2D eigenvalue weighted by atomic mass is 9.64. The van der Waals surface area contributed by atoms with E-state index in [0.29, 0.717) is 23.9 Å². The summed E-state index contributed by atoms with van der Waals surface area (Å²) >= 11 is 0. The third-order valence-electron chi connectivity index (χ3n) is 6.71. The standard InChI is InChI=1S/C20H24N2O2/c1-21-17-5-3-2-4-13(17)15-9-18-16(11-24)14-8-19(20(15)21)22(18)10-12(14)6-7-23/h2-6,14,16,18-19,23-24H,7-11H2,1H3/b12-6-/t14-,16+,18-,19-/m0/s1. The molecule has 2 N–H and O–H groups in total. The summed E-state index contributed by atoms with van der Waals surface area (Å²) in [6.07, 6.45) is 4.06. The normalized spacial score (nSPS) is 35.6. The van der Waals surface area contributed by atoms with Crippen LogP contribution < -0.4 is 0 Å². The van der Waals surface area contributed by atoms with Gasteiger partial charge >= 0.3 is 0 Å². The lowest BCUT2D eigenvalue weighted by molar-refractivity contribution is -0.0516. The fraction of sp³-hybridized carbons (Fsp3) is 0.500. The van der Waals surface area contributed by atoms with Gasteiger partial charge < -0.3 is 14.8 Å². The molecular weight excluding hydrogens is 300 g/mol. The molecule has 4 bridgehead atoms. The molecule has 0 aliphatic carbocycles. The third-order valence-corrected chi connectivity index (χ3v) is 6.71. The fourth-order valence-electron chi connectivity index (χ4n) is 5.74. The van der Waals surface area contributed by atoms with Crippen molar-refractivity contribution < 1.29 is 10.2 Å². The van der Waals surface area contributed by atoms with E-state index in [1.165, 1.54) is 27.7 Å². The summed E-state index contributed by atoms with van der Waals surface area (Å²) in [4.78, 5) is 2.59. The molecule has 6 rings (SSSR count). The molecule has 1 aromatic carbocycles. The molecule has 1 unspecified atom stereocenters. The highest BCUT2D eigenvalue weighted by Crippen LogP contribution is 2.54. The number of aliphatic hydroxyl groups excluding tert-OH is 2. The van der Waals surface area contributed by atoms with Crippen LogP contribution in [0.3, 0.4) is 0 Å². The largest absolute Gasteiger partial charge is 0.396 e. The molecule has 4 heteroatoms. The van der Waals surface area contributed by atoms with Gasteiger partial charge in [0.2, 0.25) is 0 Å². The van der Waals surface area contributed by atoms with E-state index in [1.54, 1.807) is 0 Å². The monoisotopic (exact) mass is 324 g/mol. The van der Waals surface area contributed by atoms with Gasteiger partial charge in [0.15, 0.2) is 0 Å². The van der Waals surface area contributed by atoms with Gasteiger partial charge in [-0.3, -0.25) is 4.90 Å². The van der Waals surface area contributed by atoms with Crippen molar-refractivity contribution in [2.45, 2.75) is 24.9 Å². The van der Waals surface area contributed by atoms with Gasteiger partial charge in [0.1, 0.15) is 0 Å². The average molecular weight is 324 g/mol. The smallest absolute Gasteiger partial charge is 0.0615 e. The number of rotatable bonds is 2. The number of hydrogen-bond acceptors (Lipinski definition) is 3. The van der Waals surface area contributed by atoms with Gasteiger partial charge in [0, 0.05) is 48.8 Å². The first kappa shape index (κ1) is 14.7. The topological polar surface area (TPSA) is 48.6 Å². The van der Waals surface area contributed by atoms with E-state index >= 15 is 0 Å². The van der Waals surface area contributed by atoms with Crippen molar-refractivity contribution in [1.29, 1.82) is 0 Å². The van der Waals surface area contributed by atoms with Crippen LogP contribution in [0.5, 0.6) is 0 Å². The second kappa shape index (κ2) is 5.19. The maximum Gasteiger partial charge on any atom is 0.0615 e. The van der Waals surface area contributed by atoms with Gasteiger partial charge in [-0.05, 0) is 30.4 Å². The summed E-state index contributed by atoms with van der Waals surface area (Å²) in [6.45, 7) is 1.28. The molecular formula is C20H24N2O2. The van der Waals surface area contributed by atoms with E-state index in [1.807, 2.05) is 6.08 Å². The Kier molecular flexibility index (Phi) is 3.18. The second-order valence-corrected chi connectivity index (χ2v) is 7.55. The highest BCUT2D eigenvalue weighted by Gasteiger charge is 2.52. The van der Waals surface area contributed by atoms with Gasteiger partial charge in [-0.1, -0.05) is 29.8 Å². The molecule has 0 spiro atoms. The molecule has 3 saturated heterocycles. The molecule has 2 aromatic rings. The molecule has 24 heavy (non-hydrogen) atoms. The van der Waals surface area contributed by atoms with E-state index in [9.17, 15) is 10.2 Å². The predicted molar refractivity (Wildman–Crippen MR) is 93.7 cm³/mol. The predicted octanol–water partition coefficient (Wildman–Crippen LogP) is 2.01. The first-order chi connectivity index (χ1) is 11.7. The number of aromatic nitrogens is 1. The van der Waals surface area contributed by atoms with E-state index in [0.717, 1.165) is 19.4 Å². The summed E-state index contributed by atoms with van der Waals surface area (Å²) in [6, 6.07) is 9.57. The zero-order chi connectivity index (χ0) is 16.4. The van der Waals surface area contributed by atoms with Crippen LogP contribution >= 0.6 is 0 Å². The number of nitrogens with zero attached hydrogens (tertiary/aromatic N) is 2. The Morgan fingerprint density at radius 1 is 1.25 bits per heavy atom. The Morgan fingerprint density at radius 2 is 2.08 bits per heavy atom. The average Bonchev–Trinajstić information content (AvgIpc) is 2.88. The van der Waals surface area contributed by atoms with E-state index < -0.39 is 0 Å². The Bertz CT molecular complexity index is 838. The maximum absolute atomic E-state index is 10.1. The summed E-state index contributed by atoms with van der Waals surface area (Å²) in [7, 11) is 2.19. The summed E-state index contributed by atoms with van der Waals surface area (Å²) < 4.78 is 2.38. The Labute approximate surface area is 142 Å². The minimum Gasteiger partial charge on any atom is -0.396 e. The van der Waals surface area contributed by atoms with Crippen molar-refractivity contribution in [3.05, 3.63) is 47.2 Å². The van der Waals surface area contributed by atoms with Gasteiger partial charge in [0.25, 0.3) is 0 Å². The molecule has 3 fully saturated rings. The first-order valence-corrected chi connectivity index (χ1v) is 8.97. The van der Waals surface area contributed by atoms with Crippen molar-refractivity contribution in [3.8, 4) is 0 Å². The zero-order valence-electron chi connectivity index (χ0n) is 14.0. The van der Waals surface area contributed by atoms with Crippen LogP contribution in [-0.2, 0) is 13.5 Å². The van der Waals surface area contributed by atoms with Crippen molar-refractivity contribution >= 4 is 10.9 Å². The Balaban J connectivity index is 1.68. The molecule has 0 saturated carbocycles. The SMILES string of the molecule is Cn1c2c(c3ccccc31)C[C@H]1[C@H](CO)[C@H]3C[C@@H]2N1C/C3=C/CO. The van der Waals surface area contributed by atoms with Crippen LogP contribution in [0.2, 0.25) is 0 Å². The van der Waals surface area contributed by atoms with Crippen LogP contribution in [0.4, 0.5) is 0 Å². The Hall–Kier alpha value is -1.62. The molecule has 5 atom stereocenters. The van der Waals surface area contributed by atoms with Crippen LogP contribution in [-0.4, -0.2) is 45.5 Å². The number of fused-ring (bicyclic) bond motifs is 4. The first-order valence-electron chi connectivity index (χ1n) is 8.97. The van der Waals surface area contributed by atoms with Gasteiger partial charge in [-0.2, -0.15) is 0 Å². The zero-order valence-corrected chi connectivity index (χ0v) is 14.0. The van der Waals surface area contributed by atoms with Crippen molar-refractivity contribution in [1.82, 2.24) is 9.47 Å². The number of benzene rings is 1. The van der Waals surface area contributed by atoms with E-state index in [2.05, 4.69) is 40.8 Å². The van der Waals surface area contributed by atoms with E-state index in [4.69, 9.17) is 0 Å². The highest BCUT2D eigenvalue weighted by molar-refractivity contribution is 5.86. The van der Waals surface area contributed by atoms with Crippen LogP contribution in [0, 0.1) is 11.8 Å². The van der Waals surface area contributed by atoms with Crippen LogP contribution in [0.1, 0.15) is 23.7 Å². The molecule has 0 amide bonds. The Morgan fingerprint density at radius 3 is 2.88 bits per heavy atom. The third kappa shape index (κ3) is 1.74. The fourth-order valence-corrected chi connectivity index (χ4v) is 5.74. The second-order valence-electron chi connectivity index (χ2n) is 7.55. The molecule has 4 nitrogen and oxygen atoms in total. The molecule has 0 radical (unpaired) electrons. The number of para-hydroxylation sites is 1. The minimum absolute atomic E-state index is 0.104. The van der Waals surface area contributed by atoms with E-state index in [-0.39, 0.29) is 13.2 Å². The molecule has 4 aliphatic rings. The number of hydrogen-bond donors (Lipinski definition) is 2. The molecule has 126 valence electrons. The van der Waals surface area contributed by atoms with Gasteiger partial charge in [0.05, 0.1) is 12.6 Å².